The summed E-state index contributed by atoms with van der Waals surface area (Å²) in [4.78, 5) is 14.0. The number of methoxy groups -OCH3 is 1. The molecule has 2 N–H and O–H groups in total. The predicted molar refractivity (Wildman–Crippen MR) is 148 cm³/mol. The van der Waals surface area contributed by atoms with Crippen molar-refractivity contribution in [3.63, 3.8) is 0 Å². The zero-order valence-electron chi connectivity index (χ0n) is 23.1. The van der Waals surface area contributed by atoms with Gasteiger partial charge in [0.25, 0.3) is 0 Å². The fraction of sp³-hybridized carbons (Fsp3) is 0.533. The first-order chi connectivity index (χ1) is 17.6. The molecule has 1 aliphatic rings. The van der Waals surface area contributed by atoms with Crippen molar-refractivity contribution in [2.45, 2.75) is 72.3 Å². The van der Waals surface area contributed by atoms with Crippen LogP contribution in [0.5, 0.6) is 5.75 Å². The molecule has 7 heteroatoms. The average molecular weight is 512 g/mol. The highest BCUT2D eigenvalue weighted by atomic mass is 19.1. The molecule has 1 amide bonds. The van der Waals surface area contributed by atoms with E-state index in [0.717, 1.165) is 48.9 Å². The van der Waals surface area contributed by atoms with Gasteiger partial charge >= 0.3 is 0 Å². The molecule has 1 heterocycles. The number of nitrogens with zero attached hydrogens (tertiary/aromatic N) is 2. The van der Waals surface area contributed by atoms with E-state index in [-0.39, 0.29) is 29.6 Å². The van der Waals surface area contributed by atoms with Crippen molar-refractivity contribution in [1.29, 1.82) is 0 Å². The summed E-state index contributed by atoms with van der Waals surface area (Å²) in [6.45, 7) is 10.7. The Hall–Kier alpha value is -2.93. The number of unbranched alkanes of at least 4 members (excludes halogenated alkanes) is 1. The quantitative estimate of drug-likeness (QED) is 0.351. The molecule has 202 valence electrons. The third-order valence-electron chi connectivity index (χ3n) is 7.43. The maximum absolute atomic E-state index is 14.3. The average Bonchev–Trinajstić information content (AvgIpc) is 3.19. The first-order valence-electron chi connectivity index (χ1n) is 13.3. The Kier molecular flexibility index (Phi) is 9.35. The van der Waals surface area contributed by atoms with Crippen LogP contribution in [0.4, 0.5) is 10.1 Å². The molecule has 3 rings (SSSR count). The summed E-state index contributed by atoms with van der Waals surface area (Å²) in [5.74, 6) is -0.645. The summed E-state index contributed by atoms with van der Waals surface area (Å²) in [5.41, 5.74) is 2.37. The summed E-state index contributed by atoms with van der Waals surface area (Å²) in [7, 11) is 1.43. The molecule has 0 fully saturated rings. The minimum Gasteiger partial charge on any atom is -0.494 e. The second-order valence-electron chi connectivity index (χ2n) is 11.0. The van der Waals surface area contributed by atoms with E-state index < -0.39 is 11.4 Å². The van der Waals surface area contributed by atoms with Gasteiger partial charge in [-0.2, -0.15) is 5.10 Å². The maximum atomic E-state index is 14.3. The SMILES string of the molecule is CCCCC1C(c2ccc(C)cc2)=NN(c2ccc(F)c(OC)c2)C1(C)C(=O)NCCCC(C)(C)CO. The number of halogens is 1. The van der Waals surface area contributed by atoms with Crippen LogP contribution in [0, 0.1) is 24.1 Å². The molecule has 2 aromatic carbocycles. The number of rotatable bonds is 12. The Morgan fingerprint density at radius 2 is 1.92 bits per heavy atom. The van der Waals surface area contributed by atoms with Crippen LogP contribution < -0.4 is 15.1 Å². The lowest BCUT2D eigenvalue weighted by Crippen LogP contribution is -2.58. The van der Waals surface area contributed by atoms with Crippen LogP contribution in [0.15, 0.2) is 47.6 Å². The van der Waals surface area contributed by atoms with Gasteiger partial charge in [0.2, 0.25) is 5.91 Å². The van der Waals surface area contributed by atoms with Gasteiger partial charge in [0, 0.05) is 25.1 Å². The molecule has 2 unspecified atom stereocenters. The number of carbonyl (C=O) groups excluding carboxylic acids is 1. The van der Waals surface area contributed by atoms with Crippen LogP contribution in [-0.2, 0) is 4.79 Å². The molecule has 0 spiro atoms. The molecule has 37 heavy (non-hydrogen) atoms. The highest BCUT2D eigenvalue weighted by molar-refractivity contribution is 6.10. The smallest absolute Gasteiger partial charge is 0.248 e. The highest BCUT2D eigenvalue weighted by Gasteiger charge is 2.53. The lowest BCUT2D eigenvalue weighted by atomic mass is 9.76. The molecule has 0 radical (unpaired) electrons. The van der Waals surface area contributed by atoms with Gasteiger partial charge in [-0.25, -0.2) is 9.40 Å². The first kappa shape index (κ1) is 28.6. The normalized spacial score (nSPS) is 19.6. The number of hydrogen-bond acceptors (Lipinski definition) is 5. The van der Waals surface area contributed by atoms with Crippen molar-refractivity contribution >= 4 is 17.3 Å². The van der Waals surface area contributed by atoms with Crippen LogP contribution in [0.1, 0.15) is 70.9 Å². The molecule has 0 aliphatic carbocycles. The van der Waals surface area contributed by atoms with Gasteiger partial charge in [0.05, 0.1) is 18.5 Å². The molecule has 0 saturated heterocycles. The molecule has 1 aliphatic heterocycles. The van der Waals surface area contributed by atoms with Crippen LogP contribution in [0.2, 0.25) is 0 Å². The Bertz CT molecular complexity index is 1100. The van der Waals surface area contributed by atoms with Gasteiger partial charge in [-0.3, -0.25) is 4.79 Å². The van der Waals surface area contributed by atoms with Crippen molar-refractivity contribution < 1.29 is 19.0 Å². The summed E-state index contributed by atoms with van der Waals surface area (Å²) in [6.07, 6.45) is 4.29. The molecule has 6 nitrogen and oxygen atoms in total. The van der Waals surface area contributed by atoms with Gasteiger partial charge in [-0.05, 0) is 56.2 Å². The predicted octanol–water partition coefficient (Wildman–Crippen LogP) is 5.85. The van der Waals surface area contributed by atoms with E-state index in [1.807, 2.05) is 27.7 Å². The number of benzene rings is 2. The molecule has 2 aromatic rings. The monoisotopic (exact) mass is 511 g/mol. The minimum absolute atomic E-state index is 0.103. The fourth-order valence-corrected chi connectivity index (χ4v) is 4.89. The molecule has 2 atom stereocenters. The zero-order valence-corrected chi connectivity index (χ0v) is 23.1. The number of aliphatic hydroxyl groups excluding tert-OH is 1. The first-order valence-corrected chi connectivity index (χ1v) is 13.3. The second kappa shape index (κ2) is 12.1. The van der Waals surface area contributed by atoms with Gasteiger partial charge in [-0.1, -0.05) is 63.4 Å². The molecular weight excluding hydrogens is 469 g/mol. The van der Waals surface area contributed by atoms with E-state index in [4.69, 9.17) is 9.84 Å². The summed E-state index contributed by atoms with van der Waals surface area (Å²) in [6, 6.07) is 12.8. The van der Waals surface area contributed by atoms with E-state index in [9.17, 15) is 14.3 Å². The zero-order chi connectivity index (χ0) is 27.2. The van der Waals surface area contributed by atoms with E-state index in [1.54, 1.807) is 17.1 Å². The molecule has 0 bridgehead atoms. The van der Waals surface area contributed by atoms with Gasteiger partial charge < -0.3 is 15.2 Å². The standard InChI is InChI=1S/C30H42FN3O3/c1-7-8-10-24-27(22-13-11-21(2)12-14-22)33-34(23-15-16-25(31)26(19-23)37-6)30(24,5)28(36)32-18-9-17-29(3,4)20-35/h11-16,19,24,35H,7-10,17-18,20H2,1-6H3,(H,32,36). The third kappa shape index (κ3) is 6.32. The largest absolute Gasteiger partial charge is 0.494 e. The summed E-state index contributed by atoms with van der Waals surface area (Å²) >= 11 is 0. The highest BCUT2D eigenvalue weighted by Crippen LogP contribution is 2.43. The number of hydrogen-bond donors (Lipinski definition) is 2. The van der Waals surface area contributed by atoms with Gasteiger partial charge in [0.15, 0.2) is 11.6 Å². The van der Waals surface area contributed by atoms with Gasteiger partial charge in [0.1, 0.15) is 5.54 Å². The lowest BCUT2D eigenvalue weighted by Gasteiger charge is -2.38. The van der Waals surface area contributed by atoms with E-state index in [0.29, 0.717) is 12.2 Å². The Labute approximate surface area is 220 Å². The van der Waals surface area contributed by atoms with Crippen molar-refractivity contribution in [3.8, 4) is 5.75 Å². The molecule has 0 aromatic heterocycles. The number of nitrogens with one attached hydrogen (secondary N) is 1. The minimum atomic E-state index is -1.02. The van der Waals surface area contributed by atoms with Crippen LogP contribution in [-0.4, -0.2) is 42.5 Å². The molecule has 0 saturated carbocycles. The Balaban J connectivity index is 2.02. The van der Waals surface area contributed by atoms with E-state index in [2.05, 4.69) is 36.5 Å². The van der Waals surface area contributed by atoms with Crippen molar-refractivity contribution in [2.24, 2.45) is 16.4 Å². The fourth-order valence-electron chi connectivity index (χ4n) is 4.89. The topological polar surface area (TPSA) is 74.2 Å². The number of hydrazone groups is 1. The molecular formula is C30H42FN3O3. The van der Waals surface area contributed by atoms with Crippen LogP contribution in [0.25, 0.3) is 0 Å². The summed E-state index contributed by atoms with van der Waals surface area (Å²) < 4.78 is 19.5. The second-order valence-corrected chi connectivity index (χ2v) is 11.0. The maximum Gasteiger partial charge on any atom is 0.248 e. The number of ether oxygens (including phenoxy) is 1. The van der Waals surface area contributed by atoms with E-state index in [1.165, 1.54) is 13.2 Å². The van der Waals surface area contributed by atoms with Crippen LogP contribution >= 0.6 is 0 Å². The summed E-state index contributed by atoms with van der Waals surface area (Å²) in [5, 5.41) is 19.5. The van der Waals surface area contributed by atoms with Crippen LogP contribution in [0.3, 0.4) is 0 Å². The van der Waals surface area contributed by atoms with Crippen molar-refractivity contribution in [1.82, 2.24) is 5.32 Å². The number of amides is 1. The number of carbonyl (C=O) groups is 1. The van der Waals surface area contributed by atoms with Gasteiger partial charge in [-0.15, -0.1) is 0 Å². The lowest BCUT2D eigenvalue weighted by molar-refractivity contribution is -0.126. The third-order valence-corrected chi connectivity index (χ3v) is 7.43. The van der Waals surface area contributed by atoms with Crippen molar-refractivity contribution in [3.05, 3.63) is 59.4 Å². The Morgan fingerprint density at radius 3 is 2.54 bits per heavy atom. The number of aliphatic hydroxyl groups is 1. The van der Waals surface area contributed by atoms with E-state index >= 15 is 0 Å². The number of anilines is 1. The Morgan fingerprint density at radius 1 is 1.22 bits per heavy atom. The van der Waals surface area contributed by atoms with Crippen molar-refractivity contribution in [2.75, 3.05) is 25.3 Å². The number of aryl methyl sites for hydroxylation is 1.